The maximum absolute atomic E-state index is 11.6. The number of aromatic carboxylic acids is 1. The molecule has 1 N–H and O–H groups in total. The minimum Gasteiger partial charge on any atom is -0.491 e. The number of carboxylic acid groups (broad SMARTS) is 1. The van der Waals surface area contributed by atoms with E-state index in [1.54, 1.807) is 17.1 Å². The summed E-state index contributed by atoms with van der Waals surface area (Å²) in [6.07, 6.45) is 4.84. The first-order valence-electron chi connectivity index (χ1n) is 12.7. The Bertz CT molecular complexity index is 1830. The van der Waals surface area contributed by atoms with Gasteiger partial charge in [-0.05, 0) is 67.4 Å². The number of carbonyl (C=O) groups is 1. The molecule has 0 fully saturated rings. The smallest absolute Gasteiger partial charge is 0.335 e. The van der Waals surface area contributed by atoms with Crippen molar-refractivity contribution in [3.63, 3.8) is 0 Å². The average molecular weight is 529 g/mol. The lowest BCUT2D eigenvalue weighted by Crippen LogP contribution is -2.05. The minimum atomic E-state index is -1.05. The zero-order valence-corrected chi connectivity index (χ0v) is 21.8. The number of pyridine rings is 1. The molecule has 9 heteroatoms. The lowest BCUT2D eigenvalue weighted by Gasteiger charge is -2.10. The number of nitrogens with zero attached hydrogens (tertiary/aromatic N) is 6. The van der Waals surface area contributed by atoms with E-state index in [-0.39, 0.29) is 11.7 Å². The normalized spacial score (nSPS) is 11.2. The maximum Gasteiger partial charge on any atom is 0.335 e. The standard InChI is InChI=1S/C31H24N6O3/c1-19(2)40-25-10-7-21(8-11-25)20-3-5-22(6-4-20)30-35-29(23-9-12-26-27(17-23)33-16-15-32-26)36-37(30)28-18-24(31(38)39)13-14-34-28/h3-19H,1-2H3,(H,38,39). The van der Waals surface area contributed by atoms with E-state index in [0.29, 0.717) is 17.5 Å². The summed E-state index contributed by atoms with van der Waals surface area (Å²) in [7, 11) is 0. The molecule has 9 nitrogen and oxygen atoms in total. The second-order valence-corrected chi connectivity index (χ2v) is 9.41. The molecule has 0 amide bonds. The third-order valence-corrected chi connectivity index (χ3v) is 6.25. The van der Waals surface area contributed by atoms with Gasteiger partial charge in [0.2, 0.25) is 0 Å². The zero-order valence-electron chi connectivity index (χ0n) is 21.8. The molecular weight excluding hydrogens is 504 g/mol. The molecular formula is C31H24N6O3. The monoisotopic (exact) mass is 528 g/mol. The van der Waals surface area contributed by atoms with Gasteiger partial charge in [-0.25, -0.2) is 14.8 Å². The van der Waals surface area contributed by atoms with Crippen LogP contribution in [0.2, 0.25) is 0 Å². The van der Waals surface area contributed by atoms with Crippen molar-refractivity contribution in [2.45, 2.75) is 20.0 Å². The van der Waals surface area contributed by atoms with Gasteiger partial charge in [0.25, 0.3) is 0 Å². The van der Waals surface area contributed by atoms with Crippen LogP contribution in [-0.4, -0.2) is 46.9 Å². The number of ether oxygens (including phenoxy) is 1. The van der Waals surface area contributed by atoms with Crippen LogP contribution in [0, 0.1) is 0 Å². The summed E-state index contributed by atoms with van der Waals surface area (Å²) in [5, 5.41) is 14.3. The fourth-order valence-electron chi connectivity index (χ4n) is 4.36. The Labute approximate surface area is 229 Å². The van der Waals surface area contributed by atoms with Crippen LogP contribution in [0.4, 0.5) is 0 Å². The number of carboxylic acids is 1. The van der Waals surface area contributed by atoms with Crippen LogP contribution in [0.1, 0.15) is 24.2 Å². The summed E-state index contributed by atoms with van der Waals surface area (Å²) in [5.74, 6) is 1.10. The van der Waals surface area contributed by atoms with Crippen LogP contribution in [0.5, 0.6) is 5.75 Å². The molecule has 6 rings (SSSR count). The van der Waals surface area contributed by atoms with Gasteiger partial charge in [-0.3, -0.25) is 9.97 Å². The Morgan fingerprint density at radius 2 is 1.40 bits per heavy atom. The summed E-state index contributed by atoms with van der Waals surface area (Å²) >= 11 is 0. The van der Waals surface area contributed by atoms with E-state index >= 15 is 0 Å². The second kappa shape index (κ2) is 10.4. The van der Waals surface area contributed by atoms with Crippen molar-refractivity contribution in [3.05, 3.63) is 103 Å². The average Bonchev–Trinajstić information content (AvgIpc) is 3.43. The predicted molar refractivity (Wildman–Crippen MR) is 151 cm³/mol. The van der Waals surface area contributed by atoms with E-state index in [2.05, 4.69) is 15.0 Å². The highest BCUT2D eigenvalue weighted by Crippen LogP contribution is 2.29. The van der Waals surface area contributed by atoms with Crippen molar-refractivity contribution >= 4 is 17.0 Å². The largest absolute Gasteiger partial charge is 0.491 e. The molecule has 3 aromatic heterocycles. The van der Waals surface area contributed by atoms with Crippen LogP contribution in [0.3, 0.4) is 0 Å². The third-order valence-electron chi connectivity index (χ3n) is 6.25. The minimum absolute atomic E-state index is 0.106. The zero-order chi connectivity index (χ0) is 27.6. The molecule has 3 aromatic carbocycles. The van der Waals surface area contributed by atoms with Gasteiger partial charge in [-0.15, -0.1) is 5.10 Å². The number of rotatable bonds is 7. The maximum atomic E-state index is 11.6. The summed E-state index contributed by atoms with van der Waals surface area (Å²) in [6.45, 7) is 4.00. The lowest BCUT2D eigenvalue weighted by molar-refractivity contribution is 0.0696. The number of hydrogen-bond donors (Lipinski definition) is 1. The fraction of sp³-hybridized carbons (Fsp3) is 0.0968. The van der Waals surface area contributed by atoms with E-state index in [1.165, 1.54) is 18.3 Å². The number of hydrogen-bond acceptors (Lipinski definition) is 7. The fourth-order valence-corrected chi connectivity index (χ4v) is 4.36. The number of fused-ring (bicyclic) bond motifs is 1. The van der Waals surface area contributed by atoms with Crippen LogP contribution in [0.15, 0.2) is 97.5 Å². The summed E-state index contributed by atoms with van der Waals surface area (Å²) in [6, 6.07) is 24.5. The quantitative estimate of drug-likeness (QED) is 0.265. The SMILES string of the molecule is CC(C)Oc1ccc(-c2ccc(-c3nc(-c4ccc5nccnc5c4)nn3-c3cc(C(=O)O)ccn3)cc2)cc1. The van der Waals surface area contributed by atoms with Gasteiger partial charge in [-0.1, -0.05) is 36.4 Å². The number of benzene rings is 3. The molecule has 196 valence electrons. The topological polar surface area (TPSA) is 116 Å². The first-order chi connectivity index (χ1) is 19.4. The molecule has 0 atom stereocenters. The van der Waals surface area contributed by atoms with E-state index in [4.69, 9.17) is 14.8 Å². The highest BCUT2D eigenvalue weighted by atomic mass is 16.5. The Morgan fingerprint density at radius 3 is 2.10 bits per heavy atom. The first-order valence-corrected chi connectivity index (χ1v) is 12.7. The molecule has 6 aromatic rings. The van der Waals surface area contributed by atoms with Gasteiger partial charge in [-0.2, -0.15) is 4.68 Å². The summed E-state index contributed by atoms with van der Waals surface area (Å²) in [4.78, 5) is 29.6. The molecule has 3 heterocycles. The van der Waals surface area contributed by atoms with Gasteiger partial charge in [0.1, 0.15) is 5.75 Å². The second-order valence-electron chi connectivity index (χ2n) is 9.41. The van der Waals surface area contributed by atoms with E-state index in [9.17, 15) is 9.90 Å². The molecule has 40 heavy (non-hydrogen) atoms. The van der Waals surface area contributed by atoms with E-state index in [0.717, 1.165) is 39.0 Å². The summed E-state index contributed by atoms with van der Waals surface area (Å²) < 4.78 is 7.32. The Kier molecular flexibility index (Phi) is 6.45. The van der Waals surface area contributed by atoms with Gasteiger partial charge in [0.05, 0.1) is 22.7 Å². The molecule has 0 unspecified atom stereocenters. The van der Waals surface area contributed by atoms with E-state index < -0.39 is 5.97 Å². The van der Waals surface area contributed by atoms with Crippen molar-refractivity contribution in [1.29, 1.82) is 0 Å². The lowest BCUT2D eigenvalue weighted by atomic mass is 10.0. The van der Waals surface area contributed by atoms with Gasteiger partial charge >= 0.3 is 5.97 Å². The van der Waals surface area contributed by atoms with Crippen LogP contribution < -0.4 is 4.74 Å². The summed E-state index contributed by atoms with van der Waals surface area (Å²) in [5.41, 5.74) is 5.23. The van der Waals surface area contributed by atoms with Gasteiger partial charge < -0.3 is 9.84 Å². The highest BCUT2D eigenvalue weighted by molar-refractivity contribution is 5.88. The Balaban J connectivity index is 1.41. The van der Waals surface area contributed by atoms with Gasteiger partial charge in [0.15, 0.2) is 17.5 Å². The highest BCUT2D eigenvalue weighted by Gasteiger charge is 2.18. The number of aromatic nitrogens is 6. The first kappa shape index (κ1) is 24.9. The van der Waals surface area contributed by atoms with Crippen molar-refractivity contribution in [1.82, 2.24) is 29.7 Å². The van der Waals surface area contributed by atoms with Crippen LogP contribution in [-0.2, 0) is 0 Å². The predicted octanol–water partition coefficient (Wildman–Crippen LogP) is 6.09. The van der Waals surface area contributed by atoms with Crippen LogP contribution >= 0.6 is 0 Å². The molecule has 0 bridgehead atoms. The molecule has 0 aliphatic rings. The van der Waals surface area contributed by atoms with Gasteiger partial charge in [0, 0.05) is 29.7 Å². The molecule has 0 radical (unpaired) electrons. The molecule has 0 saturated carbocycles. The molecule has 0 aliphatic heterocycles. The molecule has 0 saturated heterocycles. The van der Waals surface area contributed by atoms with Crippen molar-refractivity contribution in [3.8, 4) is 45.5 Å². The Hall–Kier alpha value is -5.44. The molecule has 0 spiro atoms. The van der Waals surface area contributed by atoms with Crippen molar-refractivity contribution < 1.29 is 14.6 Å². The van der Waals surface area contributed by atoms with Crippen molar-refractivity contribution in [2.24, 2.45) is 0 Å². The molecule has 0 aliphatic carbocycles. The third kappa shape index (κ3) is 5.00. The van der Waals surface area contributed by atoms with Crippen molar-refractivity contribution in [2.75, 3.05) is 0 Å². The van der Waals surface area contributed by atoms with Crippen LogP contribution in [0.25, 0.3) is 50.8 Å². The Morgan fingerprint density at radius 1 is 0.750 bits per heavy atom. The van der Waals surface area contributed by atoms with E-state index in [1.807, 2.05) is 80.6 Å².